The predicted octanol–water partition coefficient (Wildman–Crippen LogP) is 4.15. The maximum atomic E-state index is 4.70. The quantitative estimate of drug-likeness (QED) is 0.591. The van der Waals surface area contributed by atoms with Crippen LogP contribution >= 0.6 is 0 Å². The van der Waals surface area contributed by atoms with Gasteiger partial charge in [0.15, 0.2) is 0 Å². The number of hydrogen-bond acceptors (Lipinski definition) is 1. The number of hydrogen-bond donors (Lipinski definition) is 0. The third-order valence-electron chi connectivity index (χ3n) is 3.10. The van der Waals surface area contributed by atoms with Crippen molar-refractivity contribution in [3.8, 4) is 0 Å². The van der Waals surface area contributed by atoms with Gasteiger partial charge in [-0.2, -0.15) is 0 Å². The number of fused-ring (bicyclic) bond motifs is 2. The first-order chi connectivity index (χ1) is 8.38. The third kappa shape index (κ3) is 1.78. The van der Waals surface area contributed by atoms with Gasteiger partial charge in [0.05, 0.1) is 11.0 Å². The van der Waals surface area contributed by atoms with Gasteiger partial charge in [-0.25, -0.2) is 4.98 Å². The Kier molecular flexibility index (Phi) is 2.52. The average Bonchev–Trinajstić information content (AvgIpc) is 2.37. The molecule has 3 aromatic rings. The molecule has 0 unspecified atom stereocenters. The van der Waals surface area contributed by atoms with Gasteiger partial charge < -0.3 is 0 Å². The second kappa shape index (κ2) is 4.17. The highest BCUT2D eigenvalue weighted by Crippen LogP contribution is 2.23. The monoisotopic (exact) mass is 220 g/mol. The van der Waals surface area contributed by atoms with Crippen molar-refractivity contribution in [1.82, 2.24) is 4.98 Å². The van der Waals surface area contributed by atoms with E-state index in [0.29, 0.717) is 0 Å². The number of pyridine rings is 1. The van der Waals surface area contributed by atoms with Gasteiger partial charge in [-0.3, -0.25) is 0 Å². The Bertz CT molecular complexity index is 670. The van der Waals surface area contributed by atoms with E-state index in [0.717, 1.165) is 23.9 Å². The van der Waals surface area contributed by atoms with Crippen LogP contribution in [0.3, 0.4) is 0 Å². The molecule has 0 amide bonds. The van der Waals surface area contributed by atoms with Gasteiger partial charge in [0.1, 0.15) is 0 Å². The number of aryl methyl sites for hydroxylation is 1. The van der Waals surface area contributed by atoms with Crippen molar-refractivity contribution in [3.63, 3.8) is 0 Å². The molecular formula is C16H14N. The average molecular weight is 220 g/mol. The standard InChI is InChI=1S/C16H14N/c1-2-6-12-8-5-10-16-14(12)11-13-7-3-4-9-15(13)17-16/h3-5,7-11H,1-2,6H2. The van der Waals surface area contributed by atoms with Gasteiger partial charge in [-0.05, 0) is 36.6 Å². The molecule has 0 atom stereocenters. The van der Waals surface area contributed by atoms with E-state index in [1.807, 2.05) is 6.07 Å². The summed E-state index contributed by atoms with van der Waals surface area (Å²) in [5.41, 5.74) is 3.48. The summed E-state index contributed by atoms with van der Waals surface area (Å²) in [6.07, 6.45) is 1.93. The number of benzene rings is 2. The fraction of sp³-hybridized carbons (Fsp3) is 0.125. The van der Waals surface area contributed by atoms with E-state index in [1.165, 1.54) is 16.3 Å². The molecule has 0 N–H and O–H groups in total. The highest BCUT2D eigenvalue weighted by Gasteiger charge is 2.03. The van der Waals surface area contributed by atoms with Crippen LogP contribution in [0.15, 0.2) is 48.5 Å². The lowest BCUT2D eigenvalue weighted by Gasteiger charge is -2.06. The molecule has 1 nitrogen and oxygen atoms in total. The van der Waals surface area contributed by atoms with Gasteiger partial charge in [0, 0.05) is 10.8 Å². The summed E-state index contributed by atoms with van der Waals surface area (Å²) in [4.78, 5) is 4.70. The first kappa shape index (κ1) is 10.3. The van der Waals surface area contributed by atoms with Gasteiger partial charge in [-0.1, -0.05) is 37.3 Å². The van der Waals surface area contributed by atoms with E-state index in [4.69, 9.17) is 4.98 Å². The van der Waals surface area contributed by atoms with Crippen LogP contribution in [-0.4, -0.2) is 4.98 Å². The van der Waals surface area contributed by atoms with Crippen LogP contribution in [0.2, 0.25) is 0 Å². The molecule has 1 radical (unpaired) electrons. The summed E-state index contributed by atoms with van der Waals surface area (Å²) in [6.45, 7) is 3.93. The van der Waals surface area contributed by atoms with Crippen LogP contribution in [0.25, 0.3) is 21.8 Å². The van der Waals surface area contributed by atoms with E-state index >= 15 is 0 Å². The first-order valence-corrected chi connectivity index (χ1v) is 5.95. The SMILES string of the molecule is [CH2]CCc1cccc2nc3ccccc3cc12. The molecule has 0 saturated heterocycles. The molecule has 1 heterocycles. The maximum absolute atomic E-state index is 4.70. The largest absolute Gasteiger partial charge is 0.248 e. The lowest BCUT2D eigenvalue weighted by Crippen LogP contribution is -1.89. The highest BCUT2D eigenvalue weighted by atomic mass is 14.7. The smallest absolute Gasteiger partial charge is 0.0712 e. The van der Waals surface area contributed by atoms with Crippen molar-refractivity contribution in [2.24, 2.45) is 0 Å². The molecule has 2 aromatic carbocycles. The van der Waals surface area contributed by atoms with Crippen molar-refractivity contribution in [2.45, 2.75) is 12.8 Å². The van der Waals surface area contributed by atoms with E-state index in [1.54, 1.807) is 0 Å². The van der Waals surface area contributed by atoms with Gasteiger partial charge in [-0.15, -0.1) is 0 Å². The molecule has 0 saturated carbocycles. The van der Waals surface area contributed by atoms with Crippen molar-refractivity contribution in [2.75, 3.05) is 0 Å². The molecule has 0 fully saturated rings. The zero-order chi connectivity index (χ0) is 11.7. The van der Waals surface area contributed by atoms with E-state index < -0.39 is 0 Å². The summed E-state index contributed by atoms with van der Waals surface area (Å²) in [6, 6.07) is 16.8. The van der Waals surface area contributed by atoms with Crippen molar-refractivity contribution >= 4 is 21.8 Å². The molecule has 1 heteroatoms. The van der Waals surface area contributed by atoms with Gasteiger partial charge >= 0.3 is 0 Å². The van der Waals surface area contributed by atoms with E-state index in [-0.39, 0.29) is 0 Å². The fourth-order valence-corrected chi connectivity index (χ4v) is 2.27. The van der Waals surface area contributed by atoms with Crippen LogP contribution in [0.5, 0.6) is 0 Å². The molecule has 1 aromatic heterocycles. The Morgan fingerprint density at radius 1 is 0.941 bits per heavy atom. The lowest BCUT2D eigenvalue weighted by molar-refractivity contribution is 1.01. The topological polar surface area (TPSA) is 12.9 Å². The van der Waals surface area contributed by atoms with Crippen LogP contribution in [0, 0.1) is 6.92 Å². The third-order valence-corrected chi connectivity index (χ3v) is 3.10. The second-order valence-corrected chi connectivity index (χ2v) is 4.27. The molecule has 0 bridgehead atoms. The van der Waals surface area contributed by atoms with E-state index in [2.05, 4.69) is 49.4 Å². The minimum Gasteiger partial charge on any atom is -0.248 e. The summed E-state index contributed by atoms with van der Waals surface area (Å²) in [5, 5.41) is 2.46. The predicted molar refractivity (Wildman–Crippen MR) is 72.9 cm³/mol. The second-order valence-electron chi connectivity index (χ2n) is 4.27. The summed E-state index contributed by atoms with van der Waals surface area (Å²) in [5.74, 6) is 0. The number of para-hydroxylation sites is 1. The van der Waals surface area contributed by atoms with Crippen molar-refractivity contribution < 1.29 is 0 Å². The van der Waals surface area contributed by atoms with Crippen LogP contribution in [-0.2, 0) is 6.42 Å². The number of rotatable bonds is 2. The summed E-state index contributed by atoms with van der Waals surface area (Å²) in [7, 11) is 0. The Labute approximate surface area is 101 Å². The summed E-state index contributed by atoms with van der Waals surface area (Å²) < 4.78 is 0. The number of nitrogens with zero attached hydrogens (tertiary/aromatic N) is 1. The highest BCUT2D eigenvalue weighted by molar-refractivity contribution is 5.94. The van der Waals surface area contributed by atoms with Crippen molar-refractivity contribution in [3.05, 3.63) is 61.0 Å². The summed E-state index contributed by atoms with van der Waals surface area (Å²) >= 11 is 0. The zero-order valence-electron chi connectivity index (χ0n) is 9.69. The Hall–Kier alpha value is -1.89. The molecule has 83 valence electrons. The Morgan fingerprint density at radius 3 is 2.65 bits per heavy atom. The van der Waals surface area contributed by atoms with Crippen molar-refractivity contribution in [1.29, 1.82) is 0 Å². The molecule has 0 aliphatic heterocycles. The lowest BCUT2D eigenvalue weighted by atomic mass is 10.0. The van der Waals surface area contributed by atoms with Gasteiger partial charge in [0.25, 0.3) is 0 Å². The maximum Gasteiger partial charge on any atom is 0.0712 e. The first-order valence-electron chi connectivity index (χ1n) is 5.95. The van der Waals surface area contributed by atoms with Crippen LogP contribution in [0.4, 0.5) is 0 Å². The molecule has 17 heavy (non-hydrogen) atoms. The normalized spacial score (nSPS) is 11.1. The van der Waals surface area contributed by atoms with Crippen LogP contribution in [0.1, 0.15) is 12.0 Å². The zero-order valence-corrected chi connectivity index (χ0v) is 9.69. The fourth-order valence-electron chi connectivity index (χ4n) is 2.27. The van der Waals surface area contributed by atoms with Crippen LogP contribution < -0.4 is 0 Å². The Balaban J connectivity index is 2.35. The minimum absolute atomic E-state index is 0.923. The molecule has 3 rings (SSSR count). The molecule has 0 spiro atoms. The molecule has 0 aliphatic rings. The molecule has 0 aliphatic carbocycles. The van der Waals surface area contributed by atoms with Gasteiger partial charge in [0.2, 0.25) is 0 Å². The van der Waals surface area contributed by atoms with E-state index in [9.17, 15) is 0 Å². The molecular weight excluding hydrogens is 206 g/mol. The Morgan fingerprint density at radius 2 is 1.76 bits per heavy atom. The minimum atomic E-state index is 0.923. The number of aromatic nitrogens is 1.